The molecule has 3 nitrogen and oxygen atoms in total. The number of nitrogens with one attached hydrogen (secondary N) is 1. The molecule has 1 saturated heterocycles. The lowest BCUT2D eigenvalue weighted by molar-refractivity contribution is 0.0825. The first-order valence-corrected chi connectivity index (χ1v) is 7.26. The Bertz CT molecular complexity index is 467. The van der Waals surface area contributed by atoms with Crippen molar-refractivity contribution in [3.05, 3.63) is 34.1 Å². The zero-order chi connectivity index (χ0) is 13.8. The lowest BCUT2D eigenvalue weighted by Crippen LogP contribution is -2.33. The molecule has 104 valence electrons. The predicted molar refractivity (Wildman–Crippen MR) is 74.6 cm³/mol. The minimum atomic E-state index is -0.519. The molecule has 1 aliphatic heterocycles. The van der Waals surface area contributed by atoms with Crippen molar-refractivity contribution >= 4 is 21.8 Å². The van der Waals surface area contributed by atoms with E-state index in [9.17, 15) is 9.18 Å². The summed E-state index contributed by atoms with van der Waals surface area (Å²) < 4.78 is 19.6. The molecule has 5 heteroatoms. The van der Waals surface area contributed by atoms with Gasteiger partial charge in [-0.05, 0) is 40.9 Å². The van der Waals surface area contributed by atoms with Crippen LogP contribution < -0.4 is 5.32 Å². The van der Waals surface area contributed by atoms with Crippen LogP contribution in [0.2, 0.25) is 0 Å². The van der Waals surface area contributed by atoms with E-state index in [1.807, 2.05) is 0 Å². The van der Waals surface area contributed by atoms with E-state index in [1.165, 1.54) is 6.07 Å². The summed E-state index contributed by atoms with van der Waals surface area (Å²) in [6, 6.07) is 4.71. The van der Waals surface area contributed by atoms with Gasteiger partial charge in [-0.25, -0.2) is 4.39 Å². The van der Waals surface area contributed by atoms with Gasteiger partial charge in [0.25, 0.3) is 5.91 Å². The molecule has 1 N–H and O–H groups in total. The average Bonchev–Trinajstić information content (AvgIpc) is 2.86. The van der Waals surface area contributed by atoms with Gasteiger partial charge < -0.3 is 10.1 Å². The molecule has 2 rings (SSSR count). The van der Waals surface area contributed by atoms with Crippen molar-refractivity contribution in [1.29, 1.82) is 0 Å². The van der Waals surface area contributed by atoms with Gasteiger partial charge in [0.15, 0.2) is 0 Å². The third kappa shape index (κ3) is 3.34. The van der Waals surface area contributed by atoms with E-state index in [-0.39, 0.29) is 17.6 Å². The number of amides is 1. The fourth-order valence-corrected chi connectivity index (χ4v) is 2.74. The Kier molecular flexibility index (Phi) is 4.93. The summed E-state index contributed by atoms with van der Waals surface area (Å²) in [6.07, 6.45) is 2.08. The molecule has 2 atom stereocenters. The number of hydrogen-bond donors (Lipinski definition) is 1. The Morgan fingerprint density at radius 2 is 2.37 bits per heavy atom. The molecule has 0 bridgehead atoms. The highest BCUT2D eigenvalue weighted by molar-refractivity contribution is 9.10. The van der Waals surface area contributed by atoms with Crippen LogP contribution in [0.4, 0.5) is 4.39 Å². The SMILES string of the molecule is CCC1OCCC1CNC(=O)c1cccc(Br)c1F. The largest absolute Gasteiger partial charge is 0.378 e. The minimum Gasteiger partial charge on any atom is -0.378 e. The molecule has 0 aromatic heterocycles. The summed E-state index contributed by atoms with van der Waals surface area (Å²) in [4.78, 5) is 12.0. The first kappa shape index (κ1) is 14.5. The van der Waals surface area contributed by atoms with Gasteiger partial charge in [0.05, 0.1) is 16.1 Å². The van der Waals surface area contributed by atoms with Crippen LogP contribution in [-0.2, 0) is 4.74 Å². The maximum Gasteiger partial charge on any atom is 0.254 e. The number of carbonyl (C=O) groups excluding carboxylic acids is 1. The molecule has 0 saturated carbocycles. The summed E-state index contributed by atoms with van der Waals surface area (Å²) >= 11 is 3.08. The van der Waals surface area contributed by atoms with Crippen LogP contribution in [0.3, 0.4) is 0 Å². The zero-order valence-corrected chi connectivity index (χ0v) is 12.4. The van der Waals surface area contributed by atoms with Gasteiger partial charge >= 0.3 is 0 Å². The molecular formula is C14H17BrFNO2. The van der Waals surface area contributed by atoms with Gasteiger partial charge in [-0.1, -0.05) is 13.0 Å². The standard InChI is InChI=1S/C14H17BrFNO2/c1-2-12-9(6-7-19-12)8-17-14(18)10-4-3-5-11(15)13(10)16/h3-5,9,12H,2,6-8H2,1H3,(H,17,18). The number of benzene rings is 1. The van der Waals surface area contributed by atoms with E-state index >= 15 is 0 Å². The minimum absolute atomic E-state index is 0.0707. The molecule has 19 heavy (non-hydrogen) atoms. The van der Waals surface area contributed by atoms with Crippen LogP contribution in [0.1, 0.15) is 30.1 Å². The summed E-state index contributed by atoms with van der Waals surface area (Å²) in [6.45, 7) is 3.34. The molecule has 1 aromatic carbocycles. The van der Waals surface area contributed by atoms with Crippen LogP contribution in [-0.4, -0.2) is 25.2 Å². The Labute approximate surface area is 120 Å². The summed E-state index contributed by atoms with van der Waals surface area (Å²) in [5.41, 5.74) is 0.0707. The van der Waals surface area contributed by atoms with E-state index < -0.39 is 5.82 Å². The predicted octanol–water partition coefficient (Wildman–Crippen LogP) is 3.13. The molecule has 2 unspecified atom stereocenters. The van der Waals surface area contributed by atoms with Gasteiger partial charge in [0.2, 0.25) is 0 Å². The van der Waals surface area contributed by atoms with Crippen LogP contribution in [0.25, 0.3) is 0 Å². The Morgan fingerprint density at radius 1 is 1.58 bits per heavy atom. The monoisotopic (exact) mass is 329 g/mol. The van der Waals surface area contributed by atoms with E-state index in [1.54, 1.807) is 12.1 Å². The van der Waals surface area contributed by atoms with Crippen molar-refractivity contribution in [2.24, 2.45) is 5.92 Å². The molecule has 1 heterocycles. The fourth-order valence-electron chi connectivity index (χ4n) is 2.38. The van der Waals surface area contributed by atoms with Crippen LogP contribution in [0.15, 0.2) is 22.7 Å². The van der Waals surface area contributed by atoms with Gasteiger partial charge in [0, 0.05) is 19.1 Å². The van der Waals surface area contributed by atoms with Gasteiger partial charge in [-0.3, -0.25) is 4.79 Å². The lowest BCUT2D eigenvalue weighted by Gasteiger charge is -2.17. The number of carbonyl (C=O) groups is 1. The van der Waals surface area contributed by atoms with Crippen LogP contribution in [0.5, 0.6) is 0 Å². The lowest BCUT2D eigenvalue weighted by atomic mass is 9.99. The molecule has 1 amide bonds. The maximum atomic E-state index is 13.8. The second-order valence-corrected chi connectivity index (χ2v) is 5.53. The molecule has 1 aliphatic rings. The Morgan fingerprint density at radius 3 is 3.11 bits per heavy atom. The van der Waals surface area contributed by atoms with Crippen molar-refractivity contribution in [3.8, 4) is 0 Å². The second-order valence-electron chi connectivity index (χ2n) is 4.68. The zero-order valence-electron chi connectivity index (χ0n) is 10.8. The number of halogens is 2. The van der Waals surface area contributed by atoms with E-state index in [4.69, 9.17) is 4.74 Å². The normalized spacial score (nSPS) is 22.5. The summed E-state index contributed by atoms with van der Waals surface area (Å²) in [5, 5.41) is 2.79. The molecule has 0 spiro atoms. The molecule has 0 radical (unpaired) electrons. The van der Waals surface area contributed by atoms with E-state index in [0.717, 1.165) is 19.4 Å². The quantitative estimate of drug-likeness (QED) is 0.921. The topological polar surface area (TPSA) is 38.3 Å². The molecule has 0 aliphatic carbocycles. The van der Waals surface area contributed by atoms with Crippen LogP contribution >= 0.6 is 15.9 Å². The van der Waals surface area contributed by atoms with Gasteiger partial charge in [-0.2, -0.15) is 0 Å². The highest BCUT2D eigenvalue weighted by Gasteiger charge is 2.27. The Hall–Kier alpha value is -0.940. The average molecular weight is 330 g/mol. The highest BCUT2D eigenvalue weighted by Crippen LogP contribution is 2.23. The maximum absolute atomic E-state index is 13.8. The third-order valence-electron chi connectivity index (χ3n) is 3.47. The Balaban J connectivity index is 1.96. The summed E-state index contributed by atoms with van der Waals surface area (Å²) in [5.74, 6) is -0.570. The van der Waals surface area contributed by atoms with E-state index in [0.29, 0.717) is 16.9 Å². The van der Waals surface area contributed by atoms with Gasteiger partial charge in [0.1, 0.15) is 5.82 Å². The third-order valence-corrected chi connectivity index (χ3v) is 4.08. The van der Waals surface area contributed by atoms with Gasteiger partial charge in [-0.15, -0.1) is 0 Å². The fraction of sp³-hybridized carbons (Fsp3) is 0.500. The van der Waals surface area contributed by atoms with Crippen molar-refractivity contribution in [2.45, 2.75) is 25.9 Å². The van der Waals surface area contributed by atoms with Crippen molar-refractivity contribution in [2.75, 3.05) is 13.2 Å². The molecule has 1 fully saturated rings. The number of rotatable bonds is 4. The van der Waals surface area contributed by atoms with Crippen molar-refractivity contribution < 1.29 is 13.9 Å². The smallest absolute Gasteiger partial charge is 0.254 e. The van der Waals surface area contributed by atoms with E-state index in [2.05, 4.69) is 28.2 Å². The number of hydrogen-bond acceptors (Lipinski definition) is 2. The number of ether oxygens (including phenoxy) is 1. The molecular weight excluding hydrogens is 313 g/mol. The van der Waals surface area contributed by atoms with Crippen molar-refractivity contribution in [3.63, 3.8) is 0 Å². The first-order chi connectivity index (χ1) is 9.13. The highest BCUT2D eigenvalue weighted by atomic mass is 79.9. The van der Waals surface area contributed by atoms with Crippen LogP contribution in [0, 0.1) is 11.7 Å². The van der Waals surface area contributed by atoms with Crippen molar-refractivity contribution in [1.82, 2.24) is 5.32 Å². The summed E-state index contributed by atoms with van der Waals surface area (Å²) in [7, 11) is 0. The first-order valence-electron chi connectivity index (χ1n) is 6.47. The second kappa shape index (κ2) is 6.48. The molecule has 1 aromatic rings.